The molecule has 142 valence electrons. The average molecular weight is 369 g/mol. The number of carbonyl (C=O) groups excluding carboxylic acids is 1. The minimum atomic E-state index is -0.854. The molecule has 1 aliphatic rings. The van der Waals surface area contributed by atoms with Crippen molar-refractivity contribution in [1.82, 2.24) is 4.57 Å². The van der Waals surface area contributed by atoms with Gasteiger partial charge in [-0.15, -0.1) is 0 Å². The van der Waals surface area contributed by atoms with Gasteiger partial charge in [0.25, 0.3) is 0 Å². The van der Waals surface area contributed by atoms with E-state index in [0.29, 0.717) is 24.0 Å². The van der Waals surface area contributed by atoms with Crippen molar-refractivity contribution in [3.63, 3.8) is 0 Å². The van der Waals surface area contributed by atoms with Crippen LogP contribution in [0.2, 0.25) is 0 Å². The molecule has 0 radical (unpaired) electrons. The van der Waals surface area contributed by atoms with E-state index < -0.39 is 11.8 Å². The lowest BCUT2D eigenvalue weighted by molar-refractivity contribution is -0.137. The van der Waals surface area contributed by atoms with Gasteiger partial charge in [0.05, 0.1) is 11.9 Å². The molecule has 1 heterocycles. The first-order valence-corrected chi connectivity index (χ1v) is 9.25. The monoisotopic (exact) mass is 369 g/mol. The minimum absolute atomic E-state index is 0.0263. The summed E-state index contributed by atoms with van der Waals surface area (Å²) in [6, 6.07) is 2.73. The Kier molecular flexibility index (Phi) is 5.31. The van der Waals surface area contributed by atoms with Crippen LogP contribution in [0.5, 0.6) is 0 Å². The summed E-state index contributed by atoms with van der Waals surface area (Å²) in [7, 11) is 0. The molecule has 1 atom stereocenters. The third-order valence-electron chi connectivity index (χ3n) is 5.15. The highest BCUT2D eigenvalue weighted by Gasteiger charge is 2.32. The van der Waals surface area contributed by atoms with Crippen molar-refractivity contribution in [2.24, 2.45) is 0 Å². The van der Waals surface area contributed by atoms with Crippen LogP contribution in [-0.2, 0) is 17.8 Å². The maximum absolute atomic E-state index is 14.2. The molecule has 0 fully saturated rings. The first kappa shape index (κ1) is 19.1. The number of ketones is 1. The fourth-order valence-electron chi connectivity index (χ4n) is 4.11. The van der Waals surface area contributed by atoms with Gasteiger partial charge in [0.15, 0.2) is 5.78 Å². The predicted octanol–water partition coefficient (Wildman–Crippen LogP) is 5.01. The number of nitrogens with zero attached hydrogens (tertiary/aromatic N) is 1. The van der Waals surface area contributed by atoms with Crippen molar-refractivity contribution in [1.29, 1.82) is 0 Å². The second-order valence-electron chi connectivity index (χ2n) is 7.16. The van der Waals surface area contributed by atoms with E-state index in [0.717, 1.165) is 35.1 Å². The number of fused-ring (bicyclic) bond motifs is 3. The Balaban J connectivity index is 2.25. The summed E-state index contributed by atoms with van der Waals surface area (Å²) in [6.07, 6.45) is 6.27. The zero-order chi connectivity index (χ0) is 19.7. The first-order valence-electron chi connectivity index (χ1n) is 9.25. The van der Waals surface area contributed by atoms with Gasteiger partial charge in [0.2, 0.25) is 0 Å². The summed E-state index contributed by atoms with van der Waals surface area (Å²) in [4.78, 5) is 23.5. The van der Waals surface area contributed by atoms with E-state index in [9.17, 15) is 19.1 Å². The quantitative estimate of drug-likeness (QED) is 0.551. The molecule has 0 saturated carbocycles. The smallest absolute Gasteiger partial charge is 0.304 e. The Morgan fingerprint density at radius 3 is 2.78 bits per heavy atom. The van der Waals surface area contributed by atoms with Gasteiger partial charge in [-0.2, -0.15) is 0 Å². The number of halogens is 1. The largest absolute Gasteiger partial charge is 0.481 e. The third-order valence-corrected chi connectivity index (χ3v) is 5.15. The number of aryl methyl sites for hydroxylation is 1. The van der Waals surface area contributed by atoms with Crippen LogP contribution in [0.4, 0.5) is 4.39 Å². The van der Waals surface area contributed by atoms with Crippen molar-refractivity contribution in [2.75, 3.05) is 0 Å². The van der Waals surface area contributed by atoms with Crippen LogP contribution in [0.15, 0.2) is 36.4 Å². The second kappa shape index (κ2) is 7.51. The highest BCUT2D eigenvalue weighted by molar-refractivity contribution is 6.07. The van der Waals surface area contributed by atoms with Crippen molar-refractivity contribution < 1.29 is 19.1 Å². The normalized spacial score (nSPS) is 16.2. The van der Waals surface area contributed by atoms with E-state index in [-0.39, 0.29) is 18.1 Å². The summed E-state index contributed by atoms with van der Waals surface area (Å²) in [5.41, 5.74) is 3.75. The Morgan fingerprint density at radius 2 is 2.15 bits per heavy atom. The molecular weight excluding hydrogens is 345 g/mol. The molecule has 0 amide bonds. The summed E-state index contributed by atoms with van der Waals surface area (Å²) < 4.78 is 16.2. The molecule has 0 aliphatic heterocycles. The average Bonchev–Trinajstić information content (AvgIpc) is 3.12. The lowest BCUT2D eigenvalue weighted by atomic mass is 10.0. The zero-order valence-corrected chi connectivity index (χ0v) is 15.7. The summed E-state index contributed by atoms with van der Waals surface area (Å²) >= 11 is 0. The maximum Gasteiger partial charge on any atom is 0.304 e. The standard InChI is InChI=1S/C22H24FNO3/c1-4-5-6-13(2)12-24-21-15(9-20(26)27)7-8-17(21)19-11-16(23)10-18(14(3)25)22(19)24/h5-6,10-11,15H,2,4,7-9,12H2,1,3H3,(H,26,27)/b6-5-/t15-/m1/s1. The number of benzene rings is 1. The van der Waals surface area contributed by atoms with Gasteiger partial charge in [-0.05, 0) is 49.5 Å². The minimum Gasteiger partial charge on any atom is -0.481 e. The number of rotatable bonds is 7. The van der Waals surface area contributed by atoms with E-state index in [1.54, 1.807) is 0 Å². The highest BCUT2D eigenvalue weighted by Crippen LogP contribution is 2.43. The molecule has 4 nitrogen and oxygen atoms in total. The summed E-state index contributed by atoms with van der Waals surface area (Å²) in [5, 5.41) is 10.0. The lowest BCUT2D eigenvalue weighted by Gasteiger charge is -2.16. The van der Waals surface area contributed by atoms with E-state index >= 15 is 0 Å². The van der Waals surface area contributed by atoms with Gasteiger partial charge in [0.1, 0.15) is 5.82 Å². The second-order valence-corrected chi connectivity index (χ2v) is 7.16. The third kappa shape index (κ3) is 3.59. The maximum atomic E-state index is 14.2. The molecule has 2 aromatic rings. The van der Waals surface area contributed by atoms with Crippen LogP contribution in [-0.4, -0.2) is 21.4 Å². The Labute approximate surface area is 158 Å². The van der Waals surface area contributed by atoms with Crippen LogP contribution in [0.3, 0.4) is 0 Å². The first-order chi connectivity index (χ1) is 12.8. The molecule has 0 unspecified atom stereocenters. The van der Waals surface area contributed by atoms with Crippen molar-refractivity contribution in [3.05, 3.63) is 59.1 Å². The number of Topliss-reactive ketones (excluding diaryl/α,β-unsaturated/α-hetero) is 1. The van der Waals surface area contributed by atoms with Crippen LogP contribution < -0.4 is 0 Å². The number of allylic oxidation sites excluding steroid dienone is 3. The fraction of sp³-hybridized carbons (Fsp3) is 0.364. The molecule has 1 aromatic carbocycles. The molecule has 5 heteroatoms. The SMILES string of the molecule is C=C(/C=C\CC)Cn1c2c(c3cc(F)cc(C(C)=O)c31)CC[C@@H]2CC(=O)O. The van der Waals surface area contributed by atoms with E-state index in [1.165, 1.54) is 19.1 Å². The molecule has 27 heavy (non-hydrogen) atoms. The molecule has 0 spiro atoms. The van der Waals surface area contributed by atoms with Gasteiger partial charge in [-0.3, -0.25) is 9.59 Å². The molecular formula is C22H24FNO3. The van der Waals surface area contributed by atoms with Crippen molar-refractivity contribution in [3.8, 4) is 0 Å². The zero-order valence-electron chi connectivity index (χ0n) is 15.7. The van der Waals surface area contributed by atoms with Gasteiger partial charge in [-0.1, -0.05) is 25.7 Å². The van der Waals surface area contributed by atoms with Crippen LogP contribution >= 0.6 is 0 Å². The van der Waals surface area contributed by atoms with Crippen LogP contribution in [0.25, 0.3) is 10.9 Å². The molecule has 3 rings (SSSR count). The topological polar surface area (TPSA) is 59.3 Å². The van der Waals surface area contributed by atoms with Crippen LogP contribution in [0.1, 0.15) is 60.6 Å². The molecule has 1 aliphatic carbocycles. The summed E-state index contributed by atoms with van der Waals surface area (Å²) in [5.74, 6) is -1.65. The number of hydrogen-bond donors (Lipinski definition) is 1. The molecule has 0 saturated heterocycles. The van der Waals surface area contributed by atoms with Gasteiger partial charge < -0.3 is 9.67 Å². The fourth-order valence-corrected chi connectivity index (χ4v) is 4.11. The van der Waals surface area contributed by atoms with E-state index in [1.807, 2.05) is 23.6 Å². The van der Waals surface area contributed by atoms with E-state index in [2.05, 4.69) is 6.58 Å². The number of aliphatic carboxylic acids is 1. The predicted molar refractivity (Wildman–Crippen MR) is 104 cm³/mol. The van der Waals surface area contributed by atoms with Gasteiger partial charge in [0, 0.05) is 29.1 Å². The Morgan fingerprint density at radius 1 is 1.41 bits per heavy atom. The van der Waals surface area contributed by atoms with Gasteiger partial charge in [-0.25, -0.2) is 4.39 Å². The highest BCUT2D eigenvalue weighted by atomic mass is 19.1. The Bertz CT molecular complexity index is 968. The van der Waals surface area contributed by atoms with Crippen molar-refractivity contribution in [2.45, 2.75) is 52.0 Å². The molecule has 0 bridgehead atoms. The number of carboxylic acids is 1. The number of carbonyl (C=O) groups is 2. The lowest BCUT2D eigenvalue weighted by Crippen LogP contribution is -2.12. The Hall–Kier alpha value is -2.69. The molecule has 1 N–H and O–H groups in total. The number of hydrogen-bond acceptors (Lipinski definition) is 2. The van der Waals surface area contributed by atoms with Gasteiger partial charge >= 0.3 is 5.97 Å². The number of carboxylic acid groups (broad SMARTS) is 1. The molecule has 1 aromatic heterocycles. The van der Waals surface area contributed by atoms with Crippen LogP contribution in [0, 0.1) is 5.82 Å². The number of aromatic nitrogens is 1. The van der Waals surface area contributed by atoms with Crippen molar-refractivity contribution >= 4 is 22.7 Å². The summed E-state index contributed by atoms with van der Waals surface area (Å²) in [6.45, 7) is 8.00. The van der Waals surface area contributed by atoms with E-state index in [4.69, 9.17) is 0 Å².